The fraction of sp³-hybridized carbons (Fsp3) is 0.556. The standard InChI is InChI=1S/C9H16N2O2/c1-4-6-10-9(13)11(7-5-2)8(3)12/h4H,1,5-7H2,2-3H3,(H,10,13). The van der Waals surface area contributed by atoms with Crippen LogP contribution in [0, 0.1) is 0 Å². The second-order valence-corrected chi connectivity index (χ2v) is 2.65. The predicted molar refractivity (Wildman–Crippen MR) is 51.3 cm³/mol. The zero-order chi connectivity index (χ0) is 10.3. The van der Waals surface area contributed by atoms with Crippen LogP contribution in [0.1, 0.15) is 20.3 Å². The highest BCUT2D eigenvalue weighted by Gasteiger charge is 2.15. The molecule has 3 amide bonds. The number of nitrogens with zero attached hydrogens (tertiary/aromatic N) is 1. The first-order valence-corrected chi connectivity index (χ1v) is 4.30. The van der Waals surface area contributed by atoms with E-state index in [4.69, 9.17) is 0 Å². The summed E-state index contributed by atoms with van der Waals surface area (Å²) in [7, 11) is 0. The fourth-order valence-electron chi connectivity index (χ4n) is 0.881. The van der Waals surface area contributed by atoms with Crippen LogP contribution in [0.3, 0.4) is 0 Å². The van der Waals surface area contributed by atoms with Gasteiger partial charge in [0.05, 0.1) is 0 Å². The van der Waals surface area contributed by atoms with Crippen molar-refractivity contribution < 1.29 is 9.59 Å². The van der Waals surface area contributed by atoms with Crippen LogP contribution in [0.4, 0.5) is 4.79 Å². The van der Waals surface area contributed by atoms with E-state index in [9.17, 15) is 9.59 Å². The number of rotatable bonds is 4. The number of hydrogen-bond acceptors (Lipinski definition) is 2. The molecule has 0 heterocycles. The zero-order valence-electron chi connectivity index (χ0n) is 8.17. The van der Waals surface area contributed by atoms with Gasteiger partial charge >= 0.3 is 6.03 Å². The molecule has 0 atom stereocenters. The monoisotopic (exact) mass is 184 g/mol. The molecule has 0 rings (SSSR count). The Balaban J connectivity index is 4.11. The first-order valence-electron chi connectivity index (χ1n) is 4.30. The summed E-state index contributed by atoms with van der Waals surface area (Å²) >= 11 is 0. The van der Waals surface area contributed by atoms with E-state index in [-0.39, 0.29) is 11.9 Å². The van der Waals surface area contributed by atoms with Crippen LogP contribution >= 0.6 is 0 Å². The number of carbonyl (C=O) groups excluding carboxylic acids is 2. The molecule has 0 aliphatic carbocycles. The smallest absolute Gasteiger partial charge is 0.324 e. The molecule has 13 heavy (non-hydrogen) atoms. The summed E-state index contributed by atoms with van der Waals surface area (Å²) < 4.78 is 0. The minimum absolute atomic E-state index is 0.233. The molecule has 0 aromatic heterocycles. The summed E-state index contributed by atoms with van der Waals surface area (Å²) in [6.07, 6.45) is 2.34. The molecular formula is C9H16N2O2. The summed E-state index contributed by atoms with van der Waals surface area (Å²) in [4.78, 5) is 23.4. The summed E-state index contributed by atoms with van der Waals surface area (Å²) in [6.45, 7) is 7.59. The third-order valence-electron chi connectivity index (χ3n) is 1.47. The fourth-order valence-corrected chi connectivity index (χ4v) is 0.881. The maximum absolute atomic E-state index is 11.3. The van der Waals surface area contributed by atoms with Crippen molar-refractivity contribution in [3.8, 4) is 0 Å². The molecule has 0 radical (unpaired) electrons. The number of urea groups is 1. The van der Waals surface area contributed by atoms with E-state index in [1.54, 1.807) is 6.08 Å². The van der Waals surface area contributed by atoms with Gasteiger partial charge < -0.3 is 5.32 Å². The lowest BCUT2D eigenvalue weighted by atomic mass is 10.4. The van der Waals surface area contributed by atoms with Crippen LogP contribution in [0.15, 0.2) is 12.7 Å². The molecule has 0 fully saturated rings. The molecule has 0 saturated carbocycles. The van der Waals surface area contributed by atoms with Crippen LogP contribution in [-0.2, 0) is 4.79 Å². The van der Waals surface area contributed by atoms with Gasteiger partial charge in [0.15, 0.2) is 0 Å². The molecule has 0 spiro atoms. The van der Waals surface area contributed by atoms with Crippen LogP contribution in [0.5, 0.6) is 0 Å². The molecule has 0 aliphatic rings. The van der Waals surface area contributed by atoms with Gasteiger partial charge in [0.1, 0.15) is 0 Å². The molecule has 0 saturated heterocycles. The Morgan fingerprint density at radius 2 is 2.15 bits per heavy atom. The average Bonchev–Trinajstić information content (AvgIpc) is 2.09. The minimum Gasteiger partial charge on any atom is -0.334 e. The number of imide groups is 1. The maximum Gasteiger partial charge on any atom is 0.324 e. The van der Waals surface area contributed by atoms with Gasteiger partial charge in [-0.25, -0.2) is 4.79 Å². The van der Waals surface area contributed by atoms with Gasteiger partial charge in [-0.3, -0.25) is 9.69 Å². The Morgan fingerprint density at radius 3 is 2.54 bits per heavy atom. The molecule has 4 heteroatoms. The molecular weight excluding hydrogens is 168 g/mol. The van der Waals surface area contributed by atoms with Gasteiger partial charge in [-0.1, -0.05) is 13.0 Å². The Kier molecular flexibility index (Phi) is 5.59. The molecule has 74 valence electrons. The first kappa shape index (κ1) is 11.7. The van der Waals surface area contributed by atoms with Crippen molar-refractivity contribution in [2.24, 2.45) is 0 Å². The van der Waals surface area contributed by atoms with Crippen LogP contribution < -0.4 is 5.32 Å². The number of amides is 3. The first-order chi connectivity index (χ1) is 6.13. The summed E-state index contributed by atoms with van der Waals surface area (Å²) in [5.41, 5.74) is 0. The topological polar surface area (TPSA) is 49.4 Å². The summed E-state index contributed by atoms with van der Waals surface area (Å²) in [6, 6.07) is -0.353. The second-order valence-electron chi connectivity index (χ2n) is 2.65. The van der Waals surface area contributed by atoms with Crippen molar-refractivity contribution in [2.75, 3.05) is 13.1 Å². The molecule has 4 nitrogen and oxygen atoms in total. The number of hydrogen-bond donors (Lipinski definition) is 1. The Labute approximate surface area is 78.6 Å². The summed E-state index contributed by atoms with van der Waals surface area (Å²) in [5.74, 6) is -0.233. The van der Waals surface area contributed by atoms with Gasteiger partial charge in [0.25, 0.3) is 0 Å². The van der Waals surface area contributed by atoms with Crippen molar-refractivity contribution in [1.29, 1.82) is 0 Å². The lowest BCUT2D eigenvalue weighted by molar-refractivity contribution is -0.126. The van der Waals surface area contributed by atoms with Crippen molar-refractivity contribution in [3.05, 3.63) is 12.7 Å². The highest BCUT2D eigenvalue weighted by atomic mass is 16.2. The van der Waals surface area contributed by atoms with Crippen molar-refractivity contribution >= 4 is 11.9 Å². The quantitative estimate of drug-likeness (QED) is 0.666. The SMILES string of the molecule is C=CCNC(=O)N(CCC)C(C)=O. The lowest BCUT2D eigenvalue weighted by Gasteiger charge is -2.18. The van der Waals surface area contributed by atoms with Gasteiger partial charge in [-0.2, -0.15) is 0 Å². The minimum atomic E-state index is -0.353. The van der Waals surface area contributed by atoms with Gasteiger partial charge in [0, 0.05) is 20.0 Å². The number of carbonyl (C=O) groups is 2. The lowest BCUT2D eigenvalue weighted by Crippen LogP contribution is -2.43. The highest BCUT2D eigenvalue weighted by Crippen LogP contribution is 1.93. The van der Waals surface area contributed by atoms with E-state index in [1.165, 1.54) is 11.8 Å². The summed E-state index contributed by atoms with van der Waals surface area (Å²) in [5, 5.41) is 2.55. The van der Waals surface area contributed by atoms with E-state index in [0.717, 1.165) is 6.42 Å². The molecule has 1 N–H and O–H groups in total. The molecule has 0 bridgehead atoms. The average molecular weight is 184 g/mol. The highest BCUT2D eigenvalue weighted by molar-refractivity contribution is 5.93. The van der Waals surface area contributed by atoms with Crippen molar-refractivity contribution in [1.82, 2.24) is 10.2 Å². The largest absolute Gasteiger partial charge is 0.334 e. The Bertz CT molecular complexity index is 202. The molecule has 0 aromatic rings. The maximum atomic E-state index is 11.3. The van der Waals surface area contributed by atoms with E-state index in [0.29, 0.717) is 13.1 Å². The number of nitrogens with one attached hydrogen (secondary N) is 1. The Morgan fingerprint density at radius 1 is 1.54 bits per heavy atom. The van der Waals surface area contributed by atoms with E-state index < -0.39 is 0 Å². The van der Waals surface area contributed by atoms with E-state index >= 15 is 0 Å². The van der Waals surface area contributed by atoms with Crippen molar-refractivity contribution in [2.45, 2.75) is 20.3 Å². The second kappa shape index (κ2) is 6.22. The van der Waals surface area contributed by atoms with Gasteiger partial charge in [0.2, 0.25) is 5.91 Å². The molecule has 0 aromatic carbocycles. The Hall–Kier alpha value is -1.32. The van der Waals surface area contributed by atoms with E-state index in [2.05, 4.69) is 11.9 Å². The van der Waals surface area contributed by atoms with Crippen LogP contribution in [0.25, 0.3) is 0 Å². The van der Waals surface area contributed by atoms with Crippen LogP contribution in [0.2, 0.25) is 0 Å². The molecule has 0 unspecified atom stereocenters. The van der Waals surface area contributed by atoms with Crippen molar-refractivity contribution in [3.63, 3.8) is 0 Å². The van der Waals surface area contributed by atoms with E-state index in [1.807, 2.05) is 6.92 Å². The third kappa shape index (κ3) is 4.30. The van der Waals surface area contributed by atoms with Gasteiger partial charge in [-0.15, -0.1) is 6.58 Å². The zero-order valence-corrected chi connectivity index (χ0v) is 8.17. The van der Waals surface area contributed by atoms with Gasteiger partial charge in [-0.05, 0) is 6.42 Å². The molecule has 0 aliphatic heterocycles. The third-order valence-corrected chi connectivity index (χ3v) is 1.47. The predicted octanol–water partition coefficient (Wildman–Crippen LogP) is 1.14. The normalized spacial score (nSPS) is 9.08. The van der Waals surface area contributed by atoms with Crippen LogP contribution in [-0.4, -0.2) is 29.9 Å².